The Morgan fingerprint density at radius 2 is 2.15 bits per heavy atom. The lowest BCUT2D eigenvalue weighted by atomic mass is 10.1. The number of fused-ring (bicyclic) bond motifs is 1. The molecule has 0 unspecified atom stereocenters. The minimum Gasteiger partial charge on any atom is -0.331 e. The fourth-order valence-corrected chi connectivity index (χ4v) is 3.32. The monoisotopic (exact) mass is 365 g/mol. The number of benzene rings is 1. The van der Waals surface area contributed by atoms with Gasteiger partial charge in [0.05, 0.1) is 34.8 Å². The summed E-state index contributed by atoms with van der Waals surface area (Å²) in [5.74, 6) is 0.804. The number of hydrogen-bond acceptors (Lipinski definition) is 4. The maximum Gasteiger partial charge on any atom is 0.230 e. The number of carbonyl (C=O) groups excluding carboxylic acids is 1. The summed E-state index contributed by atoms with van der Waals surface area (Å²) in [6.07, 6.45) is 4.08. The van der Waals surface area contributed by atoms with E-state index in [0.717, 1.165) is 27.9 Å². The van der Waals surface area contributed by atoms with Crippen LogP contribution in [-0.4, -0.2) is 20.4 Å². The summed E-state index contributed by atoms with van der Waals surface area (Å²) >= 11 is 6.43. The van der Waals surface area contributed by atoms with Crippen LogP contribution in [0.1, 0.15) is 12.2 Å². The van der Waals surface area contributed by atoms with Crippen molar-refractivity contribution in [1.82, 2.24) is 14.5 Å². The fourth-order valence-electron chi connectivity index (χ4n) is 3.05. The zero-order chi connectivity index (χ0) is 18.4. The van der Waals surface area contributed by atoms with E-state index in [2.05, 4.69) is 21.4 Å². The highest BCUT2D eigenvalue weighted by Gasteiger charge is 2.43. The SMILES string of the molecule is Cc1ncc(-c2cc(Cl)c3cnc(NC(=O)[C@H]4C[C@@H]4C#N)cc3c2)n1C. The Kier molecular flexibility index (Phi) is 3.89. The van der Waals surface area contributed by atoms with Crippen molar-refractivity contribution >= 4 is 34.1 Å². The van der Waals surface area contributed by atoms with Crippen molar-refractivity contribution in [2.24, 2.45) is 18.9 Å². The second kappa shape index (κ2) is 6.11. The lowest BCUT2D eigenvalue weighted by molar-refractivity contribution is -0.117. The molecule has 7 heteroatoms. The molecule has 0 spiro atoms. The van der Waals surface area contributed by atoms with Gasteiger partial charge in [0.15, 0.2) is 0 Å². The Morgan fingerprint density at radius 3 is 2.81 bits per heavy atom. The molecule has 2 aromatic heterocycles. The predicted molar refractivity (Wildman–Crippen MR) is 99.5 cm³/mol. The number of amides is 1. The summed E-state index contributed by atoms with van der Waals surface area (Å²) in [6.45, 7) is 1.94. The van der Waals surface area contributed by atoms with Gasteiger partial charge in [0.1, 0.15) is 11.6 Å². The molecule has 0 bridgehead atoms. The van der Waals surface area contributed by atoms with Gasteiger partial charge in [0.25, 0.3) is 0 Å². The molecular formula is C19H16ClN5O. The molecule has 6 nitrogen and oxygen atoms in total. The molecule has 1 saturated carbocycles. The highest BCUT2D eigenvalue weighted by atomic mass is 35.5. The smallest absolute Gasteiger partial charge is 0.230 e. The van der Waals surface area contributed by atoms with Crippen molar-refractivity contribution in [1.29, 1.82) is 5.26 Å². The van der Waals surface area contributed by atoms with Gasteiger partial charge in [0, 0.05) is 24.2 Å². The third kappa shape index (κ3) is 2.80. The number of halogens is 1. The fraction of sp³-hybridized carbons (Fsp3) is 0.263. The van der Waals surface area contributed by atoms with Crippen LogP contribution in [0.2, 0.25) is 5.02 Å². The molecule has 1 amide bonds. The number of nitrogens with one attached hydrogen (secondary N) is 1. The Balaban J connectivity index is 1.69. The topological polar surface area (TPSA) is 83.6 Å². The molecule has 1 aliphatic rings. The van der Waals surface area contributed by atoms with E-state index >= 15 is 0 Å². The van der Waals surface area contributed by atoms with Crippen LogP contribution in [0.25, 0.3) is 22.0 Å². The Morgan fingerprint density at radius 1 is 1.35 bits per heavy atom. The van der Waals surface area contributed by atoms with E-state index in [1.54, 1.807) is 12.3 Å². The number of nitriles is 1. The van der Waals surface area contributed by atoms with E-state index in [-0.39, 0.29) is 17.7 Å². The van der Waals surface area contributed by atoms with E-state index in [4.69, 9.17) is 16.9 Å². The normalized spacial score (nSPS) is 18.5. The largest absolute Gasteiger partial charge is 0.331 e. The molecule has 1 fully saturated rings. The standard InChI is InChI=1S/C19H16ClN5O/c1-10-22-9-17(25(10)2)12-3-11-6-18(23-8-15(11)16(20)5-12)24-19(26)14-4-13(14)7-21/h3,5-6,8-9,13-14H,4H2,1-2H3,(H,23,24,26)/t13-,14+/m1/s1. The number of nitrogens with zero attached hydrogens (tertiary/aromatic N) is 4. The predicted octanol–water partition coefficient (Wildman–Crippen LogP) is 3.70. The summed E-state index contributed by atoms with van der Waals surface area (Å²) in [4.78, 5) is 20.7. The number of pyridine rings is 1. The minimum absolute atomic E-state index is 0.159. The lowest BCUT2D eigenvalue weighted by Crippen LogP contribution is -2.15. The number of hydrogen-bond donors (Lipinski definition) is 1. The maximum atomic E-state index is 12.1. The van der Waals surface area contributed by atoms with Crippen molar-refractivity contribution in [2.75, 3.05) is 5.32 Å². The van der Waals surface area contributed by atoms with Crippen LogP contribution in [0.4, 0.5) is 5.82 Å². The quantitative estimate of drug-likeness (QED) is 0.767. The molecule has 2 atom stereocenters. The van der Waals surface area contributed by atoms with Crippen molar-refractivity contribution in [3.8, 4) is 17.3 Å². The second-order valence-electron chi connectivity index (χ2n) is 6.57. The summed E-state index contributed by atoms with van der Waals surface area (Å²) < 4.78 is 2.00. The lowest BCUT2D eigenvalue weighted by Gasteiger charge is -2.09. The molecule has 1 N–H and O–H groups in total. The summed E-state index contributed by atoms with van der Waals surface area (Å²) in [6, 6.07) is 7.81. The Labute approximate surface area is 155 Å². The number of aryl methyl sites for hydroxylation is 1. The zero-order valence-electron chi connectivity index (χ0n) is 14.3. The highest BCUT2D eigenvalue weighted by molar-refractivity contribution is 6.36. The molecule has 0 aliphatic heterocycles. The average molecular weight is 366 g/mol. The van der Waals surface area contributed by atoms with Crippen LogP contribution in [0.15, 0.2) is 30.6 Å². The third-order valence-electron chi connectivity index (χ3n) is 4.85. The van der Waals surface area contributed by atoms with Crippen LogP contribution in [0.3, 0.4) is 0 Å². The molecule has 4 rings (SSSR count). The van der Waals surface area contributed by atoms with Gasteiger partial charge in [-0.05, 0) is 36.9 Å². The van der Waals surface area contributed by atoms with E-state index in [9.17, 15) is 4.79 Å². The van der Waals surface area contributed by atoms with Crippen molar-refractivity contribution in [2.45, 2.75) is 13.3 Å². The van der Waals surface area contributed by atoms with Crippen LogP contribution in [0.5, 0.6) is 0 Å². The van der Waals surface area contributed by atoms with Gasteiger partial charge < -0.3 is 9.88 Å². The molecule has 1 aliphatic carbocycles. The average Bonchev–Trinajstić information content (AvgIpc) is 3.34. The second-order valence-corrected chi connectivity index (χ2v) is 6.97. The van der Waals surface area contributed by atoms with E-state index in [1.165, 1.54) is 0 Å². The van der Waals surface area contributed by atoms with Gasteiger partial charge in [-0.1, -0.05) is 11.6 Å². The summed E-state index contributed by atoms with van der Waals surface area (Å²) in [5.41, 5.74) is 1.91. The molecule has 2 heterocycles. The third-order valence-corrected chi connectivity index (χ3v) is 5.16. The van der Waals surface area contributed by atoms with Crippen molar-refractivity contribution in [3.63, 3.8) is 0 Å². The van der Waals surface area contributed by atoms with Gasteiger partial charge in [-0.25, -0.2) is 9.97 Å². The molecule has 0 saturated heterocycles. The van der Waals surface area contributed by atoms with Crippen molar-refractivity contribution in [3.05, 3.63) is 41.4 Å². The molecule has 0 radical (unpaired) electrons. The first-order chi connectivity index (χ1) is 12.5. The number of aromatic nitrogens is 3. The number of rotatable bonds is 3. The first kappa shape index (κ1) is 16.6. The van der Waals surface area contributed by atoms with Gasteiger partial charge in [0.2, 0.25) is 5.91 Å². The maximum absolute atomic E-state index is 12.1. The Hall–Kier alpha value is -2.91. The number of imidazole rings is 1. The van der Waals surface area contributed by atoms with Gasteiger partial charge in [-0.15, -0.1) is 0 Å². The molecular weight excluding hydrogens is 350 g/mol. The molecule has 130 valence electrons. The Bertz CT molecular complexity index is 1080. The minimum atomic E-state index is -0.232. The number of anilines is 1. The van der Waals surface area contributed by atoms with Gasteiger partial charge in [-0.2, -0.15) is 5.26 Å². The van der Waals surface area contributed by atoms with E-state index in [1.807, 2.05) is 36.9 Å². The van der Waals surface area contributed by atoms with E-state index < -0.39 is 0 Å². The molecule has 1 aromatic carbocycles. The molecule has 26 heavy (non-hydrogen) atoms. The zero-order valence-corrected chi connectivity index (χ0v) is 15.1. The van der Waals surface area contributed by atoms with Crippen LogP contribution < -0.4 is 5.32 Å². The highest BCUT2D eigenvalue weighted by Crippen LogP contribution is 2.38. The van der Waals surface area contributed by atoms with Crippen LogP contribution in [-0.2, 0) is 11.8 Å². The first-order valence-electron chi connectivity index (χ1n) is 8.26. The van der Waals surface area contributed by atoms with Crippen molar-refractivity contribution < 1.29 is 4.79 Å². The van der Waals surface area contributed by atoms with E-state index in [0.29, 0.717) is 17.3 Å². The first-order valence-corrected chi connectivity index (χ1v) is 8.64. The van der Waals surface area contributed by atoms with Gasteiger partial charge >= 0.3 is 0 Å². The molecule has 3 aromatic rings. The van der Waals surface area contributed by atoms with Crippen LogP contribution in [0, 0.1) is 30.1 Å². The van der Waals surface area contributed by atoms with Crippen LogP contribution >= 0.6 is 11.6 Å². The number of carbonyl (C=O) groups is 1. The summed E-state index contributed by atoms with van der Waals surface area (Å²) in [5, 5.41) is 13.9. The van der Waals surface area contributed by atoms with Gasteiger partial charge in [-0.3, -0.25) is 4.79 Å². The summed E-state index contributed by atoms with van der Waals surface area (Å²) in [7, 11) is 1.95.